The van der Waals surface area contributed by atoms with Crippen LogP contribution in [-0.2, 0) is 4.79 Å². The summed E-state index contributed by atoms with van der Waals surface area (Å²) in [7, 11) is 0. The molecular weight excluding hydrogens is 419 g/mol. The molecule has 1 atom stereocenters. The van der Waals surface area contributed by atoms with Gasteiger partial charge < -0.3 is 15.0 Å². The molecule has 1 N–H and O–H groups in total. The predicted molar refractivity (Wildman–Crippen MR) is 120 cm³/mol. The molecule has 1 amide bonds. The van der Waals surface area contributed by atoms with Crippen LogP contribution in [0, 0.1) is 11.7 Å². The van der Waals surface area contributed by atoms with Gasteiger partial charge in [0.1, 0.15) is 5.82 Å². The molecule has 0 aliphatic carbocycles. The van der Waals surface area contributed by atoms with E-state index in [9.17, 15) is 9.18 Å². The number of rotatable bonds is 6. The molecule has 4 rings (SSSR count). The number of fused-ring (bicyclic) bond motifs is 1. The summed E-state index contributed by atoms with van der Waals surface area (Å²) >= 11 is 5.83. The molecule has 0 spiro atoms. The van der Waals surface area contributed by atoms with E-state index in [4.69, 9.17) is 21.3 Å². The second-order valence-corrected chi connectivity index (χ2v) is 8.00. The van der Waals surface area contributed by atoms with Gasteiger partial charge in [0.05, 0.1) is 28.6 Å². The largest absolute Gasteiger partial charge is 0.475 e. The summed E-state index contributed by atoms with van der Waals surface area (Å²) in [5.41, 5.74) is 2.04. The number of anilines is 2. The zero-order valence-electron chi connectivity index (χ0n) is 17.3. The highest BCUT2D eigenvalue weighted by Gasteiger charge is 2.29. The van der Waals surface area contributed by atoms with E-state index < -0.39 is 5.82 Å². The third kappa shape index (κ3) is 4.88. The van der Waals surface area contributed by atoms with E-state index in [0.29, 0.717) is 30.5 Å². The van der Waals surface area contributed by atoms with Crippen molar-refractivity contribution < 1.29 is 13.9 Å². The molecule has 6 nitrogen and oxygen atoms in total. The predicted octanol–water partition coefficient (Wildman–Crippen LogP) is 5.07. The molecule has 0 bridgehead atoms. The maximum Gasteiger partial charge on any atom is 0.258 e. The quantitative estimate of drug-likeness (QED) is 0.577. The fourth-order valence-electron chi connectivity index (χ4n) is 3.68. The lowest BCUT2D eigenvalue weighted by Crippen LogP contribution is -2.41. The fourth-order valence-corrected chi connectivity index (χ4v) is 3.86. The Bertz CT molecular complexity index is 1090. The molecule has 1 aliphatic heterocycles. The van der Waals surface area contributed by atoms with Crippen molar-refractivity contribution in [1.82, 2.24) is 9.97 Å². The van der Waals surface area contributed by atoms with Gasteiger partial charge >= 0.3 is 0 Å². The zero-order valence-corrected chi connectivity index (χ0v) is 18.0. The first-order valence-corrected chi connectivity index (χ1v) is 10.8. The van der Waals surface area contributed by atoms with Gasteiger partial charge in [-0.05, 0) is 49.6 Å². The molecule has 8 heteroatoms. The lowest BCUT2D eigenvalue weighted by Gasteiger charge is -2.33. The maximum atomic E-state index is 13.4. The van der Waals surface area contributed by atoms with Crippen molar-refractivity contribution in [2.45, 2.75) is 26.2 Å². The first-order chi connectivity index (χ1) is 15.0. The van der Waals surface area contributed by atoms with Gasteiger partial charge in [0.25, 0.3) is 5.88 Å². The number of amides is 1. The fraction of sp³-hybridized carbons (Fsp3) is 0.348. The van der Waals surface area contributed by atoms with Crippen LogP contribution in [-0.4, -0.2) is 35.6 Å². The number of para-hydroxylation sites is 2. The highest BCUT2D eigenvalue weighted by molar-refractivity contribution is 6.31. The zero-order chi connectivity index (χ0) is 21.8. The number of carbonyl (C=O) groups is 1. The molecule has 31 heavy (non-hydrogen) atoms. The number of aromatic nitrogens is 2. The molecule has 1 aliphatic rings. The number of benzene rings is 2. The van der Waals surface area contributed by atoms with Crippen LogP contribution >= 0.6 is 11.6 Å². The van der Waals surface area contributed by atoms with Crippen molar-refractivity contribution >= 4 is 40.0 Å². The third-order valence-corrected chi connectivity index (χ3v) is 5.53. The van der Waals surface area contributed by atoms with Crippen LogP contribution in [0.1, 0.15) is 26.2 Å². The molecule has 0 saturated carbocycles. The van der Waals surface area contributed by atoms with Crippen molar-refractivity contribution in [3.05, 3.63) is 53.3 Å². The Morgan fingerprint density at radius 2 is 2.03 bits per heavy atom. The Labute approximate surface area is 185 Å². The molecule has 3 aromatic rings. The average Bonchev–Trinajstić information content (AvgIpc) is 2.79. The van der Waals surface area contributed by atoms with Crippen LogP contribution < -0.4 is 15.0 Å². The van der Waals surface area contributed by atoms with Crippen LogP contribution in [0.3, 0.4) is 0 Å². The maximum absolute atomic E-state index is 13.4. The van der Waals surface area contributed by atoms with Crippen molar-refractivity contribution in [3.8, 4) is 5.88 Å². The Hall–Kier alpha value is -2.93. The smallest absolute Gasteiger partial charge is 0.258 e. The minimum absolute atomic E-state index is 0.0211. The first-order valence-electron chi connectivity index (χ1n) is 10.5. The molecular formula is C23H24ClFN4O2. The number of hydrogen-bond donors (Lipinski definition) is 1. The lowest BCUT2D eigenvalue weighted by atomic mass is 9.97. The summed E-state index contributed by atoms with van der Waals surface area (Å²) in [5, 5.41) is 2.83. The van der Waals surface area contributed by atoms with Gasteiger partial charge in [-0.15, -0.1) is 0 Å². The Morgan fingerprint density at radius 3 is 2.77 bits per heavy atom. The van der Waals surface area contributed by atoms with Crippen LogP contribution in [0.2, 0.25) is 5.02 Å². The monoisotopic (exact) mass is 442 g/mol. The van der Waals surface area contributed by atoms with Gasteiger partial charge in [-0.2, -0.15) is 0 Å². The Balaban J connectivity index is 1.55. The number of piperidine rings is 1. The van der Waals surface area contributed by atoms with Crippen molar-refractivity contribution in [2.75, 3.05) is 29.9 Å². The van der Waals surface area contributed by atoms with Gasteiger partial charge in [0, 0.05) is 18.8 Å². The lowest BCUT2D eigenvalue weighted by molar-refractivity contribution is -0.120. The topological polar surface area (TPSA) is 67.4 Å². The molecule has 0 radical (unpaired) electrons. The molecule has 162 valence electrons. The molecule has 1 fully saturated rings. The van der Waals surface area contributed by atoms with E-state index in [1.165, 1.54) is 18.2 Å². The number of halogens is 2. The molecule has 2 aromatic carbocycles. The second kappa shape index (κ2) is 9.47. The molecule has 2 heterocycles. The van der Waals surface area contributed by atoms with Crippen LogP contribution in [0.15, 0.2) is 42.5 Å². The van der Waals surface area contributed by atoms with E-state index >= 15 is 0 Å². The van der Waals surface area contributed by atoms with E-state index in [0.717, 1.165) is 36.8 Å². The first kappa shape index (κ1) is 21.3. The van der Waals surface area contributed by atoms with Crippen LogP contribution in [0.4, 0.5) is 15.9 Å². The summed E-state index contributed by atoms with van der Waals surface area (Å²) < 4.78 is 19.3. The van der Waals surface area contributed by atoms with Crippen molar-refractivity contribution in [1.29, 1.82) is 0 Å². The highest BCUT2D eigenvalue weighted by atomic mass is 35.5. The summed E-state index contributed by atoms with van der Waals surface area (Å²) in [5.74, 6) is 0.265. The highest BCUT2D eigenvalue weighted by Crippen LogP contribution is 2.31. The average molecular weight is 443 g/mol. The SMILES string of the molecule is CCCOc1nc2ccccc2nc1N1CCCC(C(=O)Nc2ccc(F)c(Cl)c2)C1. The summed E-state index contributed by atoms with van der Waals surface area (Å²) in [4.78, 5) is 24.4. The van der Waals surface area contributed by atoms with Crippen molar-refractivity contribution in [2.24, 2.45) is 5.92 Å². The third-order valence-electron chi connectivity index (χ3n) is 5.24. The molecule has 1 saturated heterocycles. The number of carbonyl (C=O) groups excluding carboxylic acids is 1. The van der Waals surface area contributed by atoms with Gasteiger partial charge in [0.2, 0.25) is 5.91 Å². The van der Waals surface area contributed by atoms with Gasteiger partial charge in [-0.3, -0.25) is 4.79 Å². The van der Waals surface area contributed by atoms with E-state index in [1.807, 2.05) is 31.2 Å². The Kier molecular flexibility index (Phi) is 6.51. The molecule has 1 unspecified atom stereocenters. The Morgan fingerprint density at radius 1 is 1.26 bits per heavy atom. The number of nitrogens with zero attached hydrogens (tertiary/aromatic N) is 3. The van der Waals surface area contributed by atoms with Crippen LogP contribution in [0.25, 0.3) is 11.0 Å². The van der Waals surface area contributed by atoms with E-state index in [-0.39, 0.29) is 16.8 Å². The normalized spacial score (nSPS) is 16.4. The van der Waals surface area contributed by atoms with Gasteiger partial charge in [-0.1, -0.05) is 30.7 Å². The van der Waals surface area contributed by atoms with E-state index in [2.05, 4.69) is 15.2 Å². The number of ether oxygens (including phenoxy) is 1. The summed E-state index contributed by atoms with van der Waals surface area (Å²) in [6.07, 6.45) is 2.45. The minimum Gasteiger partial charge on any atom is -0.475 e. The van der Waals surface area contributed by atoms with E-state index in [1.54, 1.807) is 0 Å². The van der Waals surface area contributed by atoms with Crippen LogP contribution in [0.5, 0.6) is 5.88 Å². The minimum atomic E-state index is -0.516. The number of hydrogen-bond acceptors (Lipinski definition) is 5. The standard InChI is InChI=1S/C23H24ClFN4O2/c1-2-12-31-23-21(27-19-7-3-4-8-20(19)28-23)29-11-5-6-15(14-29)22(30)26-16-9-10-18(25)17(24)13-16/h3-4,7-10,13,15H,2,5-6,11-12,14H2,1H3,(H,26,30). The van der Waals surface area contributed by atoms with Gasteiger partial charge in [-0.25, -0.2) is 14.4 Å². The summed E-state index contributed by atoms with van der Waals surface area (Å²) in [6, 6.07) is 11.8. The summed E-state index contributed by atoms with van der Waals surface area (Å²) in [6.45, 7) is 3.85. The van der Waals surface area contributed by atoms with Crippen molar-refractivity contribution in [3.63, 3.8) is 0 Å². The number of nitrogens with one attached hydrogen (secondary N) is 1. The second-order valence-electron chi connectivity index (χ2n) is 7.59. The van der Waals surface area contributed by atoms with Gasteiger partial charge in [0.15, 0.2) is 5.82 Å². The molecule has 1 aromatic heterocycles.